The van der Waals surface area contributed by atoms with Gasteiger partial charge in [0, 0.05) is 11.4 Å². The topological polar surface area (TPSA) is 24.9 Å². The Labute approximate surface area is 110 Å². The zero-order valence-electron chi connectivity index (χ0n) is 10.1. The Balaban J connectivity index is 1.89. The predicted octanol–water partition coefficient (Wildman–Crippen LogP) is 4.47. The van der Waals surface area contributed by atoms with Gasteiger partial charge in [-0.2, -0.15) is 4.37 Å². The van der Waals surface area contributed by atoms with E-state index in [1.165, 1.54) is 27.2 Å². The van der Waals surface area contributed by atoms with Gasteiger partial charge < -0.3 is 5.32 Å². The van der Waals surface area contributed by atoms with Crippen LogP contribution in [-0.2, 0) is 0 Å². The third-order valence-corrected chi connectivity index (χ3v) is 3.86. The number of rotatable bonds is 3. The highest BCUT2D eigenvalue weighted by Crippen LogP contribution is 2.28. The molecule has 1 aromatic heterocycles. The molecular weight excluding hydrogens is 240 g/mol. The molecule has 0 amide bonds. The summed E-state index contributed by atoms with van der Waals surface area (Å²) in [5.74, 6) is 0.979. The summed E-state index contributed by atoms with van der Waals surface area (Å²) in [6, 6.07) is 19.0. The molecule has 90 valence electrons. The van der Waals surface area contributed by atoms with Crippen molar-refractivity contribution in [2.24, 2.45) is 0 Å². The van der Waals surface area contributed by atoms with Crippen LogP contribution < -0.4 is 5.32 Å². The van der Waals surface area contributed by atoms with Gasteiger partial charge in [-0.25, -0.2) is 0 Å². The van der Waals surface area contributed by atoms with Crippen molar-refractivity contribution in [3.63, 3.8) is 0 Å². The molecule has 2 nitrogen and oxygen atoms in total. The van der Waals surface area contributed by atoms with Crippen LogP contribution in [0, 0.1) is 0 Å². The van der Waals surface area contributed by atoms with Gasteiger partial charge in [0.1, 0.15) is 5.82 Å². The molecule has 0 spiro atoms. The van der Waals surface area contributed by atoms with Crippen LogP contribution in [0.1, 0.15) is 18.5 Å². The standard InChI is InChI=1S/C15H14N2S/c1-11(12-7-3-2-4-8-12)16-15-13-9-5-6-10-14(13)18-17-15/h2-11H,1H3,(H,16,17). The molecule has 18 heavy (non-hydrogen) atoms. The zero-order valence-corrected chi connectivity index (χ0v) is 10.9. The fourth-order valence-electron chi connectivity index (χ4n) is 2.02. The number of anilines is 1. The van der Waals surface area contributed by atoms with Gasteiger partial charge in [0.05, 0.1) is 4.70 Å². The van der Waals surface area contributed by atoms with Gasteiger partial charge in [-0.15, -0.1) is 0 Å². The van der Waals surface area contributed by atoms with Crippen molar-refractivity contribution in [3.05, 3.63) is 60.2 Å². The highest BCUT2D eigenvalue weighted by molar-refractivity contribution is 7.13. The first-order chi connectivity index (χ1) is 8.84. The van der Waals surface area contributed by atoms with Crippen LogP contribution in [0.25, 0.3) is 10.1 Å². The second kappa shape index (κ2) is 4.78. The summed E-state index contributed by atoms with van der Waals surface area (Å²) in [7, 11) is 0. The summed E-state index contributed by atoms with van der Waals surface area (Å²) in [6.45, 7) is 2.16. The van der Waals surface area contributed by atoms with Crippen molar-refractivity contribution >= 4 is 27.4 Å². The van der Waals surface area contributed by atoms with Crippen molar-refractivity contribution in [2.45, 2.75) is 13.0 Å². The second-order valence-corrected chi connectivity index (χ2v) is 5.11. The lowest BCUT2D eigenvalue weighted by Gasteiger charge is -2.13. The molecule has 0 fully saturated rings. The SMILES string of the molecule is CC(Nc1nsc2ccccc12)c1ccccc1. The Hall–Kier alpha value is -1.87. The molecule has 0 saturated carbocycles. The van der Waals surface area contributed by atoms with E-state index in [-0.39, 0.29) is 6.04 Å². The molecule has 1 atom stereocenters. The second-order valence-electron chi connectivity index (χ2n) is 4.30. The molecule has 3 rings (SSSR count). The molecule has 1 unspecified atom stereocenters. The quantitative estimate of drug-likeness (QED) is 0.746. The minimum Gasteiger partial charge on any atom is -0.362 e. The first kappa shape index (κ1) is 11.2. The Morgan fingerprint density at radius 1 is 1.00 bits per heavy atom. The van der Waals surface area contributed by atoms with E-state index in [9.17, 15) is 0 Å². The van der Waals surface area contributed by atoms with Gasteiger partial charge in [-0.05, 0) is 36.2 Å². The monoisotopic (exact) mass is 254 g/mol. The largest absolute Gasteiger partial charge is 0.362 e. The molecule has 0 bridgehead atoms. The Bertz CT molecular complexity index is 646. The Morgan fingerprint density at radius 2 is 1.72 bits per heavy atom. The first-order valence-corrected chi connectivity index (χ1v) is 6.78. The van der Waals surface area contributed by atoms with Crippen molar-refractivity contribution in [2.75, 3.05) is 5.32 Å². The van der Waals surface area contributed by atoms with Gasteiger partial charge in [-0.1, -0.05) is 42.5 Å². The van der Waals surface area contributed by atoms with E-state index in [1.54, 1.807) is 0 Å². The van der Waals surface area contributed by atoms with Crippen molar-refractivity contribution in [1.82, 2.24) is 4.37 Å². The number of aromatic nitrogens is 1. The van der Waals surface area contributed by atoms with Crippen molar-refractivity contribution in [1.29, 1.82) is 0 Å². The summed E-state index contributed by atoms with van der Waals surface area (Å²) >= 11 is 1.54. The van der Waals surface area contributed by atoms with Gasteiger partial charge in [0.25, 0.3) is 0 Å². The molecule has 0 radical (unpaired) electrons. The Kier molecular flexibility index (Phi) is 2.99. The van der Waals surface area contributed by atoms with Crippen LogP contribution in [0.15, 0.2) is 54.6 Å². The van der Waals surface area contributed by atoms with Gasteiger partial charge in [-0.3, -0.25) is 0 Å². The van der Waals surface area contributed by atoms with Crippen molar-refractivity contribution in [3.8, 4) is 0 Å². The van der Waals surface area contributed by atoms with Crippen molar-refractivity contribution < 1.29 is 0 Å². The molecule has 1 heterocycles. The Morgan fingerprint density at radius 3 is 2.56 bits per heavy atom. The van der Waals surface area contributed by atoms with E-state index in [0.717, 1.165) is 5.82 Å². The number of hydrogen-bond donors (Lipinski definition) is 1. The lowest BCUT2D eigenvalue weighted by molar-refractivity contribution is 0.881. The average Bonchev–Trinajstić information content (AvgIpc) is 2.83. The van der Waals surface area contributed by atoms with E-state index >= 15 is 0 Å². The van der Waals surface area contributed by atoms with Crippen LogP contribution in [0.4, 0.5) is 5.82 Å². The number of hydrogen-bond acceptors (Lipinski definition) is 3. The van der Waals surface area contributed by atoms with Crippen LogP contribution in [0.2, 0.25) is 0 Å². The maximum Gasteiger partial charge on any atom is 0.148 e. The zero-order chi connectivity index (χ0) is 12.4. The molecule has 3 aromatic rings. The smallest absolute Gasteiger partial charge is 0.148 e. The van der Waals surface area contributed by atoms with Crippen LogP contribution >= 0.6 is 11.5 Å². The van der Waals surface area contributed by atoms with Gasteiger partial charge >= 0.3 is 0 Å². The minimum absolute atomic E-state index is 0.261. The number of nitrogens with one attached hydrogen (secondary N) is 1. The summed E-state index contributed by atoms with van der Waals surface area (Å²) in [5, 5.41) is 4.68. The van der Waals surface area contributed by atoms with Crippen LogP contribution in [0.5, 0.6) is 0 Å². The minimum atomic E-state index is 0.261. The highest BCUT2D eigenvalue weighted by atomic mass is 32.1. The predicted molar refractivity (Wildman–Crippen MR) is 78.1 cm³/mol. The lowest BCUT2D eigenvalue weighted by Crippen LogP contribution is -2.06. The van der Waals surface area contributed by atoms with E-state index in [4.69, 9.17) is 0 Å². The maximum absolute atomic E-state index is 4.49. The first-order valence-electron chi connectivity index (χ1n) is 6.00. The average molecular weight is 254 g/mol. The molecule has 0 aliphatic rings. The summed E-state index contributed by atoms with van der Waals surface area (Å²) < 4.78 is 5.71. The highest BCUT2D eigenvalue weighted by Gasteiger charge is 2.09. The normalized spacial score (nSPS) is 12.5. The van der Waals surface area contributed by atoms with E-state index in [2.05, 4.69) is 59.1 Å². The molecule has 0 aliphatic heterocycles. The van der Waals surface area contributed by atoms with E-state index in [1.807, 2.05) is 12.1 Å². The lowest BCUT2D eigenvalue weighted by atomic mass is 10.1. The summed E-state index contributed by atoms with van der Waals surface area (Å²) in [4.78, 5) is 0. The summed E-state index contributed by atoms with van der Waals surface area (Å²) in [5.41, 5.74) is 1.27. The summed E-state index contributed by atoms with van der Waals surface area (Å²) in [6.07, 6.45) is 0. The fraction of sp³-hybridized carbons (Fsp3) is 0.133. The third kappa shape index (κ3) is 2.09. The van der Waals surface area contributed by atoms with E-state index < -0.39 is 0 Å². The molecule has 0 aliphatic carbocycles. The number of nitrogens with zero attached hydrogens (tertiary/aromatic N) is 1. The number of fused-ring (bicyclic) bond motifs is 1. The van der Waals surface area contributed by atoms with E-state index in [0.29, 0.717) is 0 Å². The molecule has 2 aromatic carbocycles. The number of benzene rings is 2. The molecule has 1 N–H and O–H groups in total. The fourth-order valence-corrected chi connectivity index (χ4v) is 2.76. The van der Waals surface area contributed by atoms with Crippen LogP contribution in [0.3, 0.4) is 0 Å². The molecular formula is C15H14N2S. The van der Waals surface area contributed by atoms with Gasteiger partial charge in [0.15, 0.2) is 0 Å². The maximum atomic E-state index is 4.49. The van der Waals surface area contributed by atoms with Gasteiger partial charge in [0.2, 0.25) is 0 Å². The van der Waals surface area contributed by atoms with Crippen LogP contribution in [-0.4, -0.2) is 4.37 Å². The third-order valence-electron chi connectivity index (χ3n) is 3.03. The molecule has 0 saturated heterocycles. The molecule has 3 heteroatoms.